The van der Waals surface area contributed by atoms with E-state index in [-0.39, 0.29) is 0 Å². The summed E-state index contributed by atoms with van der Waals surface area (Å²) in [6.07, 6.45) is 3.02. The van der Waals surface area contributed by atoms with Crippen LogP contribution < -0.4 is 0 Å². The lowest BCUT2D eigenvalue weighted by Gasteiger charge is -2.45. The van der Waals surface area contributed by atoms with Gasteiger partial charge in [-0.3, -0.25) is 9.69 Å². The lowest BCUT2D eigenvalue weighted by molar-refractivity contribution is -0.143. The van der Waals surface area contributed by atoms with Crippen molar-refractivity contribution >= 4 is 11.5 Å². The van der Waals surface area contributed by atoms with Gasteiger partial charge in [0, 0.05) is 18.7 Å². The van der Waals surface area contributed by atoms with E-state index in [0.717, 1.165) is 19.3 Å². The van der Waals surface area contributed by atoms with Crippen LogP contribution in [0.5, 0.6) is 0 Å². The van der Waals surface area contributed by atoms with Gasteiger partial charge in [-0.05, 0) is 55.4 Å². The molecule has 1 saturated heterocycles. The number of piperidine rings is 1. The fourth-order valence-corrected chi connectivity index (χ4v) is 5.49. The van der Waals surface area contributed by atoms with Gasteiger partial charge in [-0.2, -0.15) is 0 Å². The van der Waals surface area contributed by atoms with Crippen LogP contribution >= 0.6 is 0 Å². The Kier molecular flexibility index (Phi) is 7.77. The second kappa shape index (κ2) is 10.8. The SMILES string of the molecule is CCCC(O)(c1ccccc1C(C)(C)C(=O)O)N1CCC(=C(c2ccccc2)c2ccccc2)CC1. The third-order valence-electron chi connectivity index (χ3n) is 7.53. The number of likely N-dealkylation sites (tertiary alicyclic amines) is 1. The van der Waals surface area contributed by atoms with Crippen molar-refractivity contribution in [2.75, 3.05) is 13.1 Å². The molecule has 1 atom stereocenters. The number of nitrogens with zero attached hydrogens (tertiary/aromatic N) is 1. The summed E-state index contributed by atoms with van der Waals surface area (Å²) in [5, 5.41) is 22.1. The Morgan fingerprint density at radius 2 is 1.28 bits per heavy atom. The fourth-order valence-electron chi connectivity index (χ4n) is 5.49. The molecule has 0 aliphatic carbocycles. The predicted octanol–water partition coefficient (Wildman–Crippen LogP) is 6.59. The maximum atomic E-state index is 12.2. The van der Waals surface area contributed by atoms with Crippen LogP contribution in [0.2, 0.25) is 0 Å². The van der Waals surface area contributed by atoms with Crippen molar-refractivity contribution in [1.82, 2.24) is 4.90 Å². The smallest absolute Gasteiger partial charge is 0.313 e. The Morgan fingerprint density at radius 1 is 0.806 bits per heavy atom. The first kappa shape index (κ1) is 25.9. The van der Waals surface area contributed by atoms with Crippen LogP contribution in [-0.2, 0) is 15.9 Å². The van der Waals surface area contributed by atoms with Crippen LogP contribution in [-0.4, -0.2) is 34.2 Å². The van der Waals surface area contributed by atoms with Crippen molar-refractivity contribution in [3.8, 4) is 0 Å². The monoisotopic (exact) mass is 483 g/mol. The number of carbonyl (C=O) groups is 1. The van der Waals surface area contributed by atoms with E-state index in [1.54, 1.807) is 13.8 Å². The summed E-state index contributed by atoms with van der Waals surface area (Å²) in [7, 11) is 0. The zero-order valence-corrected chi connectivity index (χ0v) is 21.6. The second-order valence-electron chi connectivity index (χ2n) is 10.2. The summed E-state index contributed by atoms with van der Waals surface area (Å²) in [6, 6.07) is 28.6. The standard InChI is InChI=1S/C32H37NO3/c1-4-21-32(36,28-18-12-11-17-27(28)31(2,3)30(34)35)33-22-19-26(20-23-33)29(24-13-7-5-8-14-24)25-15-9-6-10-16-25/h5-18,36H,4,19-23H2,1-3H3,(H,34,35). The summed E-state index contributed by atoms with van der Waals surface area (Å²) in [6.45, 7) is 6.90. The topological polar surface area (TPSA) is 60.8 Å². The van der Waals surface area contributed by atoms with E-state index in [2.05, 4.69) is 60.4 Å². The van der Waals surface area contributed by atoms with Crippen molar-refractivity contribution < 1.29 is 15.0 Å². The van der Waals surface area contributed by atoms with Crippen molar-refractivity contribution in [3.05, 3.63) is 113 Å². The van der Waals surface area contributed by atoms with Gasteiger partial charge in [0.05, 0.1) is 5.41 Å². The Balaban J connectivity index is 1.71. The maximum Gasteiger partial charge on any atom is 0.313 e. The number of carboxylic acids is 1. The molecule has 4 nitrogen and oxygen atoms in total. The predicted molar refractivity (Wildman–Crippen MR) is 146 cm³/mol. The largest absolute Gasteiger partial charge is 0.481 e. The van der Waals surface area contributed by atoms with Crippen molar-refractivity contribution in [2.24, 2.45) is 0 Å². The van der Waals surface area contributed by atoms with E-state index in [1.807, 2.05) is 36.4 Å². The van der Waals surface area contributed by atoms with Gasteiger partial charge in [0.1, 0.15) is 5.72 Å². The normalized spacial score (nSPS) is 16.4. The molecule has 1 aliphatic heterocycles. The molecular formula is C32H37NO3. The number of rotatable bonds is 8. The van der Waals surface area contributed by atoms with Gasteiger partial charge < -0.3 is 10.2 Å². The van der Waals surface area contributed by atoms with Gasteiger partial charge in [0.2, 0.25) is 0 Å². The number of hydrogen-bond acceptors (Lipinski definition) is 3. The van der Waals surface area contributed by atoms with E-state index in [1.165, 1.54) is 22.3 Å². The minimum absolute atomic E-state index is 0.545. The first-order valence-electron chi connectivity index (χ1n) is 12.9. The summed E-state index contributed by atoms with van der Waals surface area (Å²) in [5.74, 6) is -0.895. The van der Waals surface area contributed by atoms with Gasteiger partial charge in [-0.15, -0.1) is 0 Å². The van der Waals surface area contributed by atoms with Gasteiger partial charge in [0.25, 0.3) is 0 Å². The molecule has 0 aromatic heterocycles. The van der Waals surface area contributed by atoms with Crippen LogP contribution in [0.25, 0.3) is 5.57 Å². The molecule has 1 fully saturated rings. The van der Waals surface area contributed by atoms with Crippen molar-refractivity contribution in [1.29, 1.82) is 0 Å². The molecule has 1 unspecified atom stereocenters. The molecule has 0 spiro atoms. The molecular weight excluding hydrogens is 446 g/mol. The van der Waals surface area contributed by atoms with E-state index >= 15 is 0 Å². The molecule has 3 aromatic rings. The Labute approximate surface area is 214 Å². The van der Waals surface area contributed by atoms with Crippen LogP contribution in [0.1, 0.15) is 68.7 Å². The summed E-state index contributed by atoms with van der Waals surface area (Å²) < 4.78 is 0. The number of aliphatic carboxylic acids is 1. The van der Waals surface area contributed by atoms with E-state index in [0.29, 0.717) is 30.6 Å². The molecule has 0 bridgehead atoms. The molecule has 4 heteroatoms. The third kappa shape index (κ3) is 5.02. The summed E-state index contributed by atoms with van der Waals surface area (Å²) in [4.78, 5) is 14.3. The van der Waals surface area contributed by atoms with E-state index in [9.17, 15) is 15.0 Å². The molecule has 1 aliphatic rings. The first-order chi connectivity index (χ1) is 17.3. The summed E-state index contributed by atoms with van der Waals surface area (Å²) in [5.41, 5.74) is 4.15. The van der Waals surface area contributed by atoms with Gasteiger partial charge in [0.15, 0.2) is 0 Å². The highest BCUT2D eigenvalue weighted by Gasteiger charge is 2.42. The van der Waals surface area contributed by atoms with Gasteiger partial charge in [-0.25, -0.2) is 0 Å². The lowest BCUT2D eigenvalue weighted by Crippen LogP contribution is -2.50. The Hall–Kier alpha value is -3.21. The second-order valence-corrected chi connectivity index (χ2v) is 10.2. The maximum absolute atomic E-state index is 12.2. The molecule has 0 saturated carbocycles. The summed E-state index contributed by atoms with van der Waals surface area (Å²) >= 11 is 0. The molecule has 3 aromatic carbocycles. The number of hydrogen-bond donors (Lipinski definition) is 2. The highest BCUT2D eigenvalue weighted by molar-refractivity contribution is 5.82. The molecule has 0 radical (unpaired) electrons. The zero-order valence-electron chi connectivity index (χ0n) is 21.6. The molecule has 2 N–H and O–H groups in total. The van der Waals surface area contributed by atoms with Crippen molar-refractivity contribution in [2.45, 2.75) is 57.6 Å². The highest BCUT2D eigenvalue weighted by Crippen LogP contribution is 2.41. The van der Waals surface area contributed by atoms with E-state index < -0.39 is 17.1 Å². The first-order valence-corrected chi connectivity index (χ1v) is 12.9. The van der Waals surface area contributed by atoms with E-state index in [4.69, 9.17) is 0 Å². The number of carboxylic acid groups (broad SMARTS) is 1. The zero-order chi connectivity index (χ0) is 25.8. The molecule has 0 amide bonds. The Morgan fingerprint density at radius 3 is 1.75 bits per heavy atom. The van der Waals surface area contributed by atoms with Gasteiger partial charge >= 0.3 is 5.97 Å². The number of benzene rings is 3. The minimum atomic E-state index is -1.22. The third-order valence-corrected chi connectivity index (χ3v) is 7.53. The molecule has 188 valence electrons. The molecule has 4 rings (SSSR count). The van der Waals surface area contributed by atoms with Crippen LogP contribution in [0, 0.1) is 0 Å². The average Bonchev–Trinajstić information content (AvgIpc) is 2.90. The minimum Gasteiger partial charge on any atom is -0.481 e. The van der Waals surface area contributed by atoms with Crippen LogP contribution in [0.3, 0.4) is 0 Å². The molecule has 36 heavy (non-hydrogen) atoms. The highest BCUT2D eigenvalue weighted by atomic mass is 16.4. The Bertz CT molecular complexity index is 1160. The number of aliphatic hydroxyl groups is 1. The lowest BCUT2D eigenvalue weighted by atomic mass is 9.77. The fraction of sp³-hybridized carbons (Fsp3) is 0.344. The van der Waals surface area contributed by atoms with Gasteiger partial charge in [-0.1, -0.05) is 104 Å². The van der Waals surface area contributed by atoms with Crippen molar-refractivity contribution in [3.63, 3.8) is 0 Å². The van der Waals surface area contributed by atoms with Crippen LogP contribution in [0.4, 0.5) is 0 Å². The molecule has 1 heterocycles. The quantitative estimate of drug-likeness (QED) is 0.379. The van der Waals surface area contributed by atoms with Crippen LogP contribution in [0.15, 0.2) is 90.5 Å². The average molecular weight is 484 g/mol.